The molecule has 0 radical (unpaired) electrons. The Hall–Kier alpha value is -4.14. The van der Waals surface area contributed by atoms with Crippen LogP contribution in [0.15, 0.2) is 77.5 Å². The number of imide groups is 1. The van der Waals surface area contributed by atoms with Gasteiger partial charge >= 0.3 is 5.97 Å². The summed E-state index contributed by atoms with van der Waals surface area (Å²) in [5.74, 6) is -2.33. The summed E-state index contributed by atoms with van der Waals surface area (Å²) in [6, 6.07) is 17.4. The van der Waals surface area contributed by atoms with Crippen molar-refractivity contribution in [3.8, 4) is 0 Å². The van der Waals surface area contributed by atoms with Crippen LogP contribution in [-0.2, 0) is 14.3 Å². The average molecular weight is 524 g/mol. The van der Waals surface area contributed by atoms with E-state index in [2.05, 4.69) is 10.6 Å². The fourth-order valence-electron chi connectivity index (χ4n) is 3.49. The molecule has 4 rings (SSSR count). The molecule has 0 unspecified atom stereocenters. The van der Waals surface area contributed by atoms with Crippen molar-refractivity contribution in [1.82, 2.24) is 0 Å². The van der Waals surface area contributed by atoms with Gasteiger partial charge in [0.2, 0.25) is 0 Å². The van der Waals surface area contributed by atoms with Crippen LogP contribution in [-0.4, -0.2) is 30.8 Å². The first-order chi connectivity index (χ1) is 17.2. The average Bonchev–Trinajstić information content (AvgIpc) is 3.08. The first-order valence-electron chi connectivity index (χ1n) is 10.6. The first-order valence-corrected chi connectivity index (χ1v) is 11.4. The minimum absolute atomic E-state index is 0.123. The summed E-state index contributed by atoms with van der Waals surface area (Å²) in [6.07, 6.45) is 0. The molecule has 3 aromatic rings. The molecule has 1 aliphatic rings. The second-order valence-electron chi connectivity index (χ2n) is 7.80. The molecule has 0 saturated carbocycles. The topological polar surface area (TPSA) is 105 Å². The molecule has 3 amide bonds. The summed E-state index contributed by atoms with van der Waals surface area (Å²) in [6.45, 7) is 1.80. The molecular weight excluding hydrogens is 505 g/mol. The number of rotatable bonds is 6. The molecule has 10 heteroatoms. The molecule has 8 nitrogen and oxygen atoms in total. The lowest BCUT2D eigenvalue weighted by Crippen LogP contribution is -2.32. The summed E-state index contributed by atoms with van der Waals surface area (Å²) in [7, 11) is 1.27. The van der Waals surface area contributed by atoms with Gasteiger partial charge in [-0.3, -0.25) is 14.4 Å². The Kier molecular flexibility index (Phi) is 7.10. The van der Waals surface area contributed by atoms with Crippen LogP contribution in [0, 0.1) is 6.92 Å². The number of carbonyl (C=O) groups excluding carboxylic acids is 4. The zero-order valence-electron chi connectivity index (χ0n) is 19.1. The Morgan fingerprint density at radius 3 is 2.22 bits per heavy atom. The van der Waals surface area contributed by atoms with Gasteiger partial charge in [0.25, 0.3) is 17.7 Å². The summed E-state index contributed by atoms with van der Waals surface area (Å²) in [5.41, 5.74) is 2.28. The van der Waals surface area contributed by atoms with E-state index in [0.717, 1.165) is 10.5 Å². The zero-order chi connectivity index (χ0) is 26.0. The van der Waals surface area contributed by atoms with E-state index < -0.39 is 23.7 Å². The van der Waals surface area contributed by atoms with Crippen molar-refractivity contribution in [1.29, 1.82) is 0 Å². The molecule has 2 N–H and O–H groups in total. The molecule has 0 aliphatic carbocycles. The molecule has 1 heterocycles. The number of ether oxygens (including phenoxy) is 1. The molecule has 0 atom stereocenters. The highest BCUT2D eigenvalue weighted by Crippen LogP contribution is 2.32. The molecule has 0 spiro atoms. The number of nitrogens with zero attached hydrogens (tertiary/aromatic N) is 1. The summed E-state index contributed by atoms with van der Waals surface area (Å²) < 4.78 is 4.70. The van der Waals surface area contributed by atoms with Crippen LogP contribution in [0.25, 0.3) is 0 Å². The van der Waals surface area contributed by atoms with Crippen LogP contribution in [0.2, 0.25) is 5.02 Å². The van der Waals surface area contributed by atoms with E-state index >= 15 is 0 Å². The van der Waals surface area contributed by atoms with E-state index in [1.54, 1.807) is 55.5 Å². The fraction of sp³-hybridized carbons (Fsp3) is 0.0769. The van der Waals surface area contributed by atoms with E-state index in [1.165, 1.54) is 25.3 Å². The molecule has 0 saturated heterocycles. The molecule has 0 fully saturated rings. The van der Waals surface area contributed by atoms with Crippen molar-refractivity contribution >= 4 is 64.0 Å². The largest absolute Gasteiger partial charge is 0.465 e. The Bertz CT molecular complexity index is 1450. The van der Waals surface area contributed by atoms with Crippen LogP contribution >= 0.6 is 23.2 Å². The lowest BCUT2D eigenvalue weighted by molar-refractivity contribution is -0.120. The Balaban J connectivity index is 1.53. The summed E-state index contributed by atoms with van der Waals surface area (Å²) in [5, 5.41) is 5.67. The second-order valence-corrected chi connectivity index (χ2v) is 8.59. The summed E-state index contributed by atoms with van der Waals surface area (Å²) >= 11 is 12.4. The van der Waals surface area contributed by atoms with Crippen molar-refractivity contribution in [2.45, 2.75) is 6.92 Å². The Labute approximate surface area is 216 Å². The molecule has 1 aliphatic heterocycles. The lowest BCUT2D eigenvalue weighted by atomic mass is 10.1. The number of esters is 1. The van der Waals surface area contributed by atoms with Gasteiger partial charge in [-0.05, 0) is 61.0 Å². The zero-order valence-corrected chi connectivity index (χ0v) is 20.6. The normalized spacial score (nSPS) is 13.2. The number of nitrogens with one attached hydrogen (secondary N) is 2. The number of amides is 3. The monoisotopic (exact) mass is 523 g/mol. The maximum absolute atomic E-state index is 13.0. The predicted octanol–water partition coefficient (Wildman–Crippen LogP) is 5.12. The second kappa shape index (κ2) is 10.2. The number of methoxy groups -OCH3 is 1. The Morgan fingerprint density at radius 2 is 1.53 bits per heavy atom. The van der Waals surface area contributed by atoms with Crippen molar-refractivity contribution in [3.63, 3.8) is 0 Å². The van der Waals surface area contributed by atoms with E-state index in [-0.39, 0.29) is 27.5 Å². The molecule has 3 aromatic carbocycles. The van der Waals surface area contributed by atoms with Crippen LogP contribution < -0.4 is 15.5 Å². The number of anilines is 3. The third-order valence-corrected chi connectivity index (χ3v) is 6.13. The molecular formula is C26H19Cl2N3O5. The minimum atomic E-state index is -0.691. The van der Waals surface area contributed by atoms with Gasteiger partial charge in [0, 0.05) is 22.0 Å². The molecule has 36 heavy (non-hydrogen) atoms. The predicted molar refractivity (Wildman–Crippen MR) is 137 cm³/mol. The van der Waals surface area contributed by atoms with Crippen LogP contribution in [0.4, 0.5) is 17.1 Å². The van der Waals surface area contributed by atoms with Gasteiger partial charge in [-0.25, -0.2) is 9.69 Å². The van der Waals surface area contributed by atoms with Crippen LogP contribution in [0.1, 0.15) is 26.3 Å². The third kappa shape index (κ3) is 4.95. The highest BCUT2D eigenvalue weighted by atomic mass is 35.5. The van der Waals surface area contributed by atoms with E-state index in [4.69, 9.17) is 27.9 Å². The SMILES string of the molecule is COC(=O)c1cccc(NC(=O)c2cccc(NC3=C(Cl)C(=O)N(c4ccc(C)c(Cl)c4)C3=O)c2)c1. The first kappa shape index (κ1) is 25.0. The van der Waals surface area contributed by atoms with E-state index in [0.29, 0.717) is 16.4 Å². The van der Waals surface area contributed by atoms with E-state index in [1.807, 2.05) is 0 Å². The number of hydrogen-bond acceptors (Lipinski definition) is 6. The summed E-state index contributed by atoms with van der Waals surface area (Å²) in [4.78, 5) is 51.2. The number of benzene rings is 3. The van der Waals surface area contributed by atoms with Crippen LogP contribution in [0.3, 0.4) is 0 Å². The molecule has 0 bridgehead atoms. The van der Waals surface area contributed by atoms with Gasteiger partial charge in [-0.1, -0.05) is 41.4 Å². The van der Waals surface area contributed by atoms with Crippen molar-refractivity contribution < 1.29 is 23.9 Å². The van der Waals surface area contributed by atoms with E-state index in [9.17, 15) is 19.2 Å². The Morgan fingerprint density at radius 1 is 0.861 bits per heavy atom. The number of hydrogen-bond donors (Lipinski definition) is 2. The number of aryl methyl sites for hydroxylation is 1. The maximum atomic E-state index is 13.0. The van der Waals surface area contributed by atoms with Crippen molar-refractivity contribution in [3.05, 3.63) is 99.2 Å². The van der Waals surface area contributed by atoms with Gasteiger partial charge < -0.3 is 15.4 Å². The van der Waals surface area contributed by atoms with Gasteiger partial charge in [-0.2, -0.15) is 0 Å². The standard InChI is InChI=1S/C26H19Cl2N3O5/c1-14-9-10-19(13-20(14)27)31-24(33)21(28)22(25(31)34)29-17-7-3-5-15(11-17)23(32)30-18-8-4-6-16(12-18)26(35)36-2/h3-13,29H,1-2H3,(H,30,32). The quantitative estimate of drug-likeness (QED) is 0.343. The number of halogens is 2. The minimum Gasteiger partial charge on any atom is -0.465 e. The fourth-order valence-corrected chi connectivity index (χ4v) is 3.88. The third-order valence-electron chi connectivity index (χ3n) is 5.38. The maximum Gasteiger partial charge on any atom is 0.337 e. The van der Waals surface area contributed by atoms with Crippen molar-refractivity contribution in [2.75, 3.05) is 22.6 Å². The highest BCUT2D eigenvalue weighted by molar-refractivity contribution is 6.53. The van der Waals surface area contributed by atoms with Gasteiger partial charge in [-0.15, -0.1) is 0 Å². The highest BCUT2D eigenvalue weighted by Gasteiger charge is 2.39. The lowest BCUT2D eigenvalue weighted by Gasteiger charge is -2.16. The van der Waals surface area contributed by atoms with Gasteiger partial charge in [0.05, 0.1) is 18.4 Å². The van der Waals surface area contributed by atoms with Crippen LogP contribution in [0.5, 0.6) is 0 Å². The molecule has 182 valence electrons. The van der Waals surface area contributed by atoms with Gasteiger partial charge in [0.1, 0.15) is 10.7 Å². The smallest absolute Gasteiger partial charge is 0.337 e. The van der Waals surface area contributed by atoms with Crippen molar-refractivity contribution in [2.24, 2.45) is 0 Å². The number of carbonyl (C=O) groups is 4. The molecule has 0 aromatic heterocycles. The van der Waals surface area contributed by atoms with Gasteiger partial charge in [0.15, 0.2) is 0 Å².